The fourth-order valence-electron chi connectivity index (χ4n) is 4.38. The van der Waals surface area contributed by atoms with E-state index >= 15 is 0 Å². The predicted molar refractivity (Wildman–Crippen MR) is 155 cm³/mol. The number of thiazole rings is 1. The highest BCUT2D eigenvalue weighted by Crippen LogP contribution is 2.36. The first-order chi connectivity index (χ1) is 20.2. The summed E-state index contributed by atoms with van der Waals surface area (Å²) in [5.74, 6) is -3.32. The maximum absolute atomic E-state index is 14.1. The van der Waals surface area contributed by atoms with E-state index in [-0.39, 0.29) is 28.7 Å². The first kappa shape index (κ1) is 28.7. The number of hydrogen-bond acceptors (Lipinski definition) is 6. The number of alkyl halides is 3. The van der Waals surface area contributed by atoms with Crippen LogP contribution in [0.4, 0.5) is 24.5 Å². The third-order valence-corrected chi connectivity index (χ3v) is 7.46. The Morgan fingerprint density at radius 1 is 0.881 bits per heavy atom. The zero-order chi connectivity index (χ0) is 29.9. The van der Waals surface area contributed by atoms with Crippen LogP contribution < -0.4 is 16.0 Å². The second kappa shape index (κ2) is 11.9. The summed E-state index contributed by atoms with van der Waals surface area (Å²) < 4.78 is 42.3. The van der Waals surface area contributed by atoms with Gasteiger partial charge in [0, 0.05) is 23.5 Å². The number of nitrogens with two attached hydrogens (primary N) is 1. The molecule has 2 amide bonds. The van der Waals surface area contributed by atoms with Crippen molar-refractivity contribution in [1.82, 2.24) is 4.98 Å². The minimum atomic E-state index is -5.26. The van der Waals surface area contributed by atoms with Crippen molar-refractivity contribution in [3.05, 3.63) is 125 Å². The van der Waals surface area contributed by atoms with Crippen LogP contribution in [0.25, 0.3) is 10.2 Å². The number of para-hydroxylation sites is 1. The van der Waals surface area contributed by atoms with Crippen molar-refractivity contribution < 1.29 is 27.6 Å². The topological polar surface area (TPSA) is 105 Å². The number of halogens is 3. The van der Waals surface area contributed by atoms with Crippen LogP contribution in [0.2, 0.25) is 0 Å². The van der Waals surface area contributed by atoms with Gasteiger partial charge in [0.1, 0.15) is 6.04 Å². The van der Waals surface area contributed by atoms with Gasteiger partial charge in [-0.2, -0.15) is 13.2 Å². The van der Waals surface area contributed by atoms with Crippen LogP contribution in [-0.2, 0) is 11.3 Å². The van der Waals surface area contributed by atoms with Crippen LogP contribution in [0.3, 0.4) is 0 Å². The Morgan fingerprint density at radius 3 is 2.14 bits per heavy atom. The fraction of sp³-hybridized carbons (Fsp3) is 0.0968. The molecule has 7 nitrogen and oxygen atoms in total. The summed E-state index contributed by atoms with van der Waals surface area (Å²) in [5, 5.41) is 2.69. The Morgan fingerprint density at radius 2 is 1.52 bits per heavy atom. The van der Waals surface area contributed by atoms with Crippen LogP contribution in [0.15, 0.2) is 103 Å². The van der Waals surface area contributed by atoms with Crippen molar-refractivity contribution >= 4 is 50.5 Å². The molecule has 0 aliphatic heterocycles. The number of Topliss-reactive ketones (excluding diaryl/α,β-unsaturated/α-hetero) is 1. The Hall–Kier alpha value is -4.87. The van der Waals surface area contributed by atoms with Gasteiger partial charge in [-0.15, -0.1) is 11.3 Å². The van der Waals surface area contributed by atoms with E-state index in [2.05, 4.69) is 10.3 Å². The Balaban J connectivity index is 1.56. The van der Waals surface area contributed by atoms with E-state index < -0.39 is 23.9 Å². The second-order valence-corrected chi connectivity index (χ2v) is 10.3. The number of ketones is 1. The molecule has 0 bridgehead atoms. The van der Waals surface area contributed by atoms with Crippen molar-refractivity contribution in [2.75, 3.05) is 10.2 Å². The summed E-state index contributed by atoms with van der Waals surface area (Å²) in [4.78, 5) is 44.3. The number of benzene rings is 4. The van der Waals surface area contributed by atoms with Gasteiger partial charge in [0.25, 0.3) is 5.91 Å². The van der Waals surface area contributed by atoms with Crippen LogP contribution in [0, 0.1) is 0 Å². The Labute approximate surface area is 242 Å². The monoisotopic (exact) mass is 588 g/mol. The molecule has 11 heteroatoms. The molecule has 0 fully saturated rings. The number of carbonyl (C=O) groups excluding carboxylic acids is 3. The highest BCUT2D eigenvalue weighted by atomic mass is 32.1. The van der Waals surface area contributed by atoms with Crippen molar-refractivity contribution in [1.29, 1.82) is 0 Å². The molecule has 0 aliphatic rings. The van der Waals surface area contributed by atoms with E-state index in [1.807, 2.05) is 0 Å². The Kier molecular flexibility index (Phi) is 8.14. The van der Waals surface area contributed by atoms with Gasteiger partial charge in [-0.3, -0.25) is 19.3 Å². The largest absolute Gasteiger partial charge is 0.471 e. The number of aromatic nitrogens is 1. The fourth-order valence-corrected chi connectivity index (χ4v) is 5.35. The number of amides is 2. The van der Waals surface area contributed by atoms with E-state index in [0.29, 0.717) is 31.9 Å². The minimum absolute atomic E-state index is 0.0969. The molecule has 0 saturated carbocycles. The van der Waals surface area contributed by atoms with Crippen molar-refractivity contribution in [3.8, 4) is 0 Å². The molecule has 5 rings (SSSR count). The highest BCUT2D eigenvalue weighted by Gasteiger charge is 2.47. The maximum atomic E-state index is 14.1. The van der Waals surface area contributed by atoms with E-state index in [4.69, 9.17) is 5.73 Å². The van der Waals surface area contributed by atoms with E-state index in [1.54, 1.807) is 66.7 Å². The SMILES string of the molecule is NCc1ccc(C(C(=O)c2nc3ccc(NC(=O)c4ccccc4)cc3s2)N(C(=O)C(F)(F)F)c2ccccc2)cc1. The predicted octanol–water partition coefficient (Wildman–Crippen LogP) is 6.53. The van der Waals surface area contributed by atoms with Crippen LogP contribution in [0.1, 0.15) is 37.3 Å². The third kappa shape index (κ3) is 6.07. The van der Waals surface area contributed by atoms with Gasteiger partial charge in [-0.25, -0.2) is 4.98 Å². The van der Waals surface area contributed by atoms with E-state index in [9.17, 15) is 27.6 Å². The molecule has 42 heavy (non-hydrogen) atoms. The molecule has 1 atom stereocenters. The molecule has 5 aromatic rings. The molecule has 0 spiro atoms. The molecule has 1 heterocycles. The zero-order valence-corrected chi connectivity index (χ0v) is 22.7. The lowest BCUT2D eigenvalue weighted by atomic mass is 9.98. The second-order valence-electron chi connectivity index (χ2n) is 9.24. The lowest BCUT2D eigenvalue weighted by molar-refractivity contribution is -0.170. The number of fused-ring (bicyclic) bond motifs is 1. The van der Waals surface area contributed by atoms with Crippen molar-refractivity contribution in [3.63, 3.8) is 0 Å². The summed E-state index contributed by atoms with van der Waals surface area (Å²) in [6, 6.07) is 25.1. The van der Waals surface area contributed by atoms with E-state index in [1.165, 1.54) is 36.4 Å². The summed E-state index contributed by atoms with van der Waals surface area (Å²) in [7, 11) is 0. The van der Waals surface area contributed by atoms with Gasteiger partial charge in [0.15, 0.2) is 5.01 Å². The molecule has 0 saturated heterocycles. The molecule has 1 unspecified atom stereocenters. The molecular weight excluding hydrogens is 565 g/mol. The molecule has 4 aromatic carbocycles. The molecule has 212 valence electrons. The lowest BCUT2D eigenvalue weighted by Crippen LogP contribution is -2.46. The average molecular weight is 589 g/mol. The van der Waals surface area contributed by atoms with Crippen LogP contribution in [-0.4, -0.2) is 28.8 Å². The average Bonchev–Trinajstić information content (AvgIpc) is 3.43. The highest BCUT2D eigenvalue weighted by molar-refractivity contribution is 7.20. The molecular formula is C31H23F3N4O3S. The summed E-state index contributed by atoms with van der Waals surface area (Å²) >= 11 is 0.954. The van der Waals surface area contributed by atoms with Gasteiger partial charge in [0.2, 0.25) is 5.78 Å². The molecule has 0 radical (unpaired) electrons. The van der Waals surface area contributed by atoms with Gasteiger partial charge in [0.05, 0.1) is 10.2 Å². The maximum Gasteiger partial charge on any atom is 0.471 e. The normalized spacial score (nSPS) is 12.1. The van der Waals surface area contributed by atoms with Crippen molar-refractivity contribution in [2.45, 2.75) is 18.8 Å². The number of carbonyl (C=O) groups is 3. The number of anilines is 2. The lowest BCUT2D eigenvalue weighted by Gasteiger charge is -2.31. The smallest absolute Gasteiger partial charge is 0.326 e. The minimum Gasteiger partial charge on any atom is -0.326 e. The van der Waals surface area contributed by atoms with Gasteiger partial charge < -0.3 is 11.1 Å². The summed E-state index contributed by atoms with van der Waals surface area (Å²) in [5.41, 5.74) is 7.76. The first-order valence-corrected chi connectivity index (χ1v) is 13.5. The third-order valence-electron chi connectivity index (χ3n) is 6.43. The zero-order valence-electron chi connectivity index (χ0n) is 21.8. The molecule has 1 aromatic heterocycles. The standard InChI is InChI=1S/C31H23F3N4O3S/c32-31(33,34)30(41)38(23-9-5-2-6-10-23)26(20-13-11-19(18-35)12-14-20)27(39)29-37-24-16-15-22(17-25(24)42-29)36-28(40)21-7-3-1-4-8-21/h1-17,26H,18,35H2,(H,36,40). The molecule has 0 aliphatic carbocycles. The van der Waals surface area contributed by atoms with E-state index in [0.717, 1.165) is 11.3 Å². The van der Waals surface area contributed by atoms with Crippen LogP contribution >= 0.6 is 11.3 Å². The van der Waals surface area contributed by atoms with Crippen molar-refractivity contribution in [2.24, 2.45) is 5.73 Å². The number of hydrogen-bond donors (Lipinski definition) is 2. The summed E-state index contributed by atoms with van der Waals surface area (Å²) in [6.07, 6.45) is -5.26. The van der Waals surface area contributed by atoms with Crippen LogP contribution in [0.5, 0.6) is 0 Å². The van der Waals surface area contributed by atoms with Gasteiger partial charge in [-0.1, -0.05) is 60.7 Å². The molecule has 3 N–H and O–H groups in total. The first-order valence-electron chi connectivity index (χ1n) is 12.7. The number of nitrogens with one attached hydrogen (secondary N) is 1. The quantitative estimate of drug-likeness (QED) is 0.201. The summed E-state index contributed by atoms with van der Waals surface area (Å²) in [6.45, 7) is 0.184. The van der Waals surface area contributed by atoms with Gasteiger partial charge >= 0.3 is 12.1 Å². The Bertz CT molecular complexity index is 1740. The number of nitrogens with zero attached hydrogens (tertiary/aromatic N) is 2. The number of rotatable bonds is 8. The van der Waals surface area contributed by atoms with Gasteiger partial charge in [-0.05, 0) is 53.6 Å².